The number of rotatable bonds is 4. The third-order valence-corrected chi connectivity index (χ3v) is 3.04. The van der Waals surface area contributed by atoms with Gasteiger partial charge in [-0.3, -0.25) is 4.79 Å². The van der Waals surface area contributed by atoms with Gasteiger partial charge in [-0.2, -0.15) is 0 Å². The lowest BCUT2D eigenvalue weighted by Crippen LogP contribution is -2.27. The van der Waals surface area contributed by atoms with Gasteiger partial charge in [0.2, 0.25) is 0 Å². The molecule has 0 radical (unpaired) electrons. The van der Waals surface area contributed by atoms with E-state index in [2.05, 4.69) is 21.9 Å². The number of H-pyrrole nitrogens is 1. The van der Waals surface area contributed by atoms with Gasteiger partial charge in [0.05, 0.1) is 6.61 Å². The topological polar surface area (TPSA) is 58.2 Å². The molecule has 1 aliphatic heterocycles. The van der Waals surface area contributed by atoms with Crippen molar-refractivity contribution in [1.82, 2.24) is 14.9 Å². The molecule has 0 spiro atoms. The Kier molecular flexibility index (Phi) is 3.56. The maximum Gasteiger partial charge on any atom is 0.310 e. The third-order valence-electron chi connectivity index (χ3n) is 3.04. The molecule has 16 heavy (non-hydrogen) atoms. The summed E-state index contributed by atoms with van der Waals surface area (Å²) in [6.45, 7) is 1.71. The molecular formula is C11H17N3O2. The number of nitrogens with one attached hydrogen (secondary N) is 1. The summed E-state index contributed by atoms with van der Waals surface area (Å²) in [5.41, 5.74) is -0.262. The van der Waals surface area contributed by atoms with Gasteiger partial charge >= 0.3 is 5.56 Å². The normalized spacial score (nSPS) is 21.2. The molecule has 1 aromatic heterocycles. The van der Waals surface area contributed by atoms with Crippen LogP contribution in [0.2, 0.25) is 0 Å². The number of likely N-dealkylation sites (tertiary alicyclic amines) is 1. The molecule has 1 atom stereocenters. The van der Waals surface area contributed by atoms with Crippen LogP contribution in [0.1, 0.15) is 19.3 Å². The Labute approximate surface area is 94.5 Å². The standard InChI is InChI=1S/C11H17N3O2/c1-14-7-2-3-9(14)4-8-16-11-10(15)12-5-6-13-11/h5-6,9H,2-4,7-8H2,1H3,(H,12,15). The fraction of sp³-hybridized carbons (Fsp3) is 0.636. The molecule has 0 bridgehead atoms. The monoisotopic (exact) mass is 223 g/mol. The van der Waals surface area contributed by atoms with E-state index in [9.17, 15) is 4.79 Å². The molecule has 1 unspecified atom stereocenters. The average molecular weight is 223 g/mol. The van der Waals surface area contributed by atoms with Gasteiger partial charge in [-0.25, -0.2) is 4.98 Å². The molecule has 1 aliphatic rings. The predicted molar refractivity (Wildman–Crippen MR) is 60.6 cm³/mol. The fourth-order valence-electron chi connectivity index (χ4n) is 2.08. The Bertz CT molecular complexity index is 391. The van der Waals surface area contributed by atoms with Crippen LogP contribution in [0.3, 0.4) is 0 Å². The molecule has 1 fully saturated rings. The molecule has 1 aromatic rings. The van der Waals surface area contributed by atoms with E-state index in [0.717, 1.165) is 13.0 Å². The molecule has 2 heterocycles. The predicted octanol–water partition coefficient (Wildman–Crippen LogP) is 0.633. The van der Waals surface area contributed by atoms with Crippen LogP contribution in [0.25, 0.3) is 0 Å². The van der Waals surface area contributed by atoms with Crippen LogP contribution in [0.15, 0.2) is 17.2 Å². The van der Waals surface area contributed by atoms with Crippen molar-refractivity contribution >= 4 is 0 Å². The molecule has 5 heteroatoms. The van der Waals surface area contributed by atoms with Crippen molar-refractivity contribution in [2.75, 3.05) is 20.2 Å². The van der Waals surface area contributed by atoms with Crippen molar-refractivity contribution in [3.8, 4) is 5.88 Å². The highest BCUT2D eigenvalue weighted by Crippen LogP contribution is 2.17. The summed E-state index contributed by atoms with van der Waals surface area (Å²) < 4.78 is 5.37. The van der Waals surface area contributed by atoms with E-state index < -0.39 is 0 Å². The summed E-state index contributed by atoms with van der Waals surface area (Å²) in [5.74, 6) is 0.170. The van der Waals surface area contributed by atoms with Crippen LogP contribution < -0.4 is 10.3 Å². The number of aromatic amines is 1. The highest BCUT2D eigenvalue weighted by atomic mass is 16.5. The minimum atomic E-state index is -0.262. The lowest BCUT2D eigenvalue weighted by atomic mass is 10.1. The molecule has 0 saturated carbocycles. The van der Waals surface area contributed by atoms with Crippen molar-refractivity contribution in [1.29, 1.82) is 0 Å². The Morgan fingerprint density at radius 2 is 2.56 bits per heavy atom. The van der Waals surface area contributed by atoms with Crippen molar-refractivity contribution in [3.63, 3.8) is 0 Å². The smallest absolute Gasteiger partial charge is 0.310 e. The Balaban J connectivity index is 1.80. The largest absolute Gasteiger partial charge is 0.474 e. The van der Waals surface area contributed by atoms with Crippen molar-refractivity contribution < 1.29 is 4.74 Å². The van der Waals surface area contributed by atoms with E-state index in [1.54, 1.807) is 0 Å². The zero-order valence-electron chi connectivity index (χ0n) is 9.48. The summed E-state index contributed by atoms with van der Waals surface area (Å²) in [6.07, 6.45) is 6.45. The van der Waals surface area contributed by atoms with E-state index in [0.29, 0.717) is 12.6 Å². The van der Waals surface area contributed by atoms with E-state index in [1.165, 1.54) is 25.2 Å². The third kappa shape index (κ3) is 2.61. The fourth-order valence-corrected chi connectivity index (χ4v) is 2.08. The van der Waals surface area contributed by atoms with Crippen molar-refractivity contribution in [2.45, 2.75) is 25.3 Å². The number of hydrogen-bond acceptors (Lipinski definition) is 4. The highest BCUT2D eigenvalue weighted by Gasteiger charge is 2.20. The first-order valence-electron chi connectivity index (χ1n) is 5.64. The molecular weight excluding hydrogens is 206 g/mol. The molecule has 0 aromatic carbocycles. The van der Waals surface area contributed by atoms with Gasteiger partial charge in [-0.15, -0.1) is 0 Å². The quantitative estimate of drug-likeness (QED) is 0.813. The van der Waals surface area contributed by atoms with Crippen molar-refractivity contribution in [2.24, 2.45) is 0 Å². The van der Waals surface area contributed by atoms with Crippen molar-refractivity contribution in [3.05, 3.63) is 22.7 Å². The highest BCUT2D eigenvalue weighted by molar-refractivity contribution is 5.02. The summed E-state index contributed by atoms with van der Waals surface area (Å²) in [6, 6.07) is 0.586. The molecule has 5 nitrogen and oxygen atoms in total. The van der Waals surface area contributed by atoms with Gasteiger partial charge in [-0.05, 0) is 32.9 Å². The molecule has 88 valence electrons. The summed E-state index contributed by atoms with van der Waals surface area (Å²) in [5, 5.41) is 0. The summed E-state index contributed by atoms with van der Waals surface area (Å²) in [7, 11) is 2.13. The zero-order valence-corrected chi connectivity index (χ0v) is 9.48. The van der Waals surface area contributed by atoms with Crippen LogP contribution >= 0.6 is 0 Å². The van der Waals surface area contributed by atoms with Gasteiger partial charge in [-0.1, -0.05) is 0 Å². The Morgan fingerprint density at radius 1 is 1.69 bits per heavy atom. The van der Waals surface area contributed by atoms with Gasteiger partial charge in [0.1, 0.15) is 0 Å². The zero-order chi connectivity index (χ0) is 11.4. The van der Waals surface area contributed by atoms with E-state index in [4.69, 9.17) is 4.74 Å². The summed E-state index contributed by atoms with van der Waals surface area (Å²) >= 11 is 0. The Hall–Kier alpha value is -1.36. The first-order valence-corrected chi connectivity index (χ1v) is 5.64. The van der Waals surface area contributed by atoms with Gasteiger partial charge < -0.3 is 14.6 Å². The van der Waals surface area contributed by atoms with Gasteiger partial charge in [0.25, 0.3) is 5.88 Å². The second-order valence-corrected chi connectivity index (χ2v) is 4.14. The molecule has 0 aliphatic carbocycles. The van der Waals surface area contributed by atoms with Crippen LogP contribution in [-0.4, -0.2) is 41.1 Å². The number of nitrogens with zero attached hydrogens (tertiary/aromatic N) is 2. The maximum atomic E-state index is 11.3. The molecule has 0 amide bonds. The molecule has 1 N–H and O–H groups in total. The minimum absolute atomic E-state index is 0.170. The number of hydrogen-bond donors (Lipinski definition) is 1. The SMILES string of the molecule is CN1CCCC1CCOc1ncc[nH]c1=O. The van der Waals surface area contributed by atoms with E-state index in [1.807, 2.05) is 0 Å². The lowest BCUT2D eigenvalue weighted by Gasteiger charge is -2.18. The van der Waals surface area contributed by atoms with Crippen LogP contribution in [0.4, 0.5) is 0 Å². The Morgan fingerprint density at radius 3 is 3.25 bits per heavy atom. The van der Waals surface area contributed by atoms with Crippen LogP contribution in [-0.2, 0) is 0 Å². The summed E-state index contributed by atoms with van der Waals surface area (Å²) in [4.78, 5) is 20.0. The molecule has 2 rings (SSSR count). The maximum absolute atomic E-state index is 11.3. The van der Waals surface area contributed by atoms with Gasteiger partial charge in [0, 0.05) is 18.4 Å². The average Bonchev–Trinajstić information content (AvgIpc) is 2.67. The number of aromatic nitrogens is 2. The number of ether oxygens (including phenoxy) is 1. The lowest BCUT2D eigenvalue weighted by molar-refractivity contribution is 0.226. The second kappa shape index (κ2) is 5.12. The van der Waals surface area contributed by atoms with E-state index in [-0.39, 0.29) is 11.4 Å². The second-order valence-electron chi connectivity index (χ2n) is 4.14. The van der Waals surface area contributed by atoms with Crippen LogP contribution in [0, 0.1) is 0 Å². The van der Waals surface area contributed by atoms with E-state index >= 15 is 0 Å². The molecule has 1 saturated heterocycles. The first-order chi connectivity index (χ1) is 7.77. The van der Waals surface area contributed by atoms with Crippen LogP contribution in [0.5, 0.6) is 5.88 Å². The first kappa shape index (κ1) is 11.1. The minimum Gasteiger partial charge on any atom is -0.474 e. The van der Waals surface area contributed by atoms with Gasteiger partial charge in [0.15, 0.2) is 0 Å².